The number of nitrogens with one attached hydrogen (secondary N) is 1. The zero-order chi connectivity index (χ0) is 16.4. The van der Waals surface area contributed by atoms with Gasteiger partial charge < -0.3 is 5.11 Å². The third-order valence-electron chi connectivity index (χ3n) is 3.99. The predicted octanol–water partition coefficient (Wildman–Crippen LogP) is 2.28. The first kappa shape index (κ1) is 15.7. The minimum atomic E-state index is -3.56. The zero-order valence-electron chi connectivity index (χ0n) is 12.4. The van der Waals surface area contributed by atoms with Crippen LogP contribution in [0.3, 0.4) is 0 Å². The molecule has 0 aliphatic heterocycles. The molecular formula is C17H17NO4S. The van der Waals surface area contributed by atoms with Gasteiger partial charge in [0.15, 0.2) is 0 Å². The highest BCUT2D eigenvalue weighted by Crippen LogP contribution is 2.33. The average Bonchev–Trinajstić information content (AvgIpc) is 2.89. The predicted molar refractivity (Wildman–Crippen MR) is 85.6 cm³/mol. The first-order valence-corrected chi connectivity index (χ1v) is 8.85. The largest absolute Gasteiger partial charge is 0.481 e. The van der Waals surface area contributed by atoms with Crippen LogP contribution < -0.4 is 4.72 Å². The Balaban J connectivity index is 1.82. The summed E-state index contributed by atoms with van der Waals surface area (Å²) in [5.74, 6) is -0.871. The lowest BCUT2D eigenvalue weighted by Gasteiger charge is -2.15. The summed E-state index contributed by atoms with van der Waals surface area (Å²) in [6, 6.07) is 13.5. The van der Waals surface area contributed by atoms with Crippen LogP contribution in [0.2, 0.25) is 0 Å². The quantitative estimate of drug-likeness (QED) is 0.880. The van der Waals surface area contributed by atoms with Crippen molar-refractivity contribution in [1.82, 2.24) is 4.72 Å². The second-order valence-corrected chi connectivity index (χ2v) is 7.34. The van der Waals surface area contributed by atoms with Crippen molar-refractivity contribution in [2.45, 2.75) is 30.2 Å². The molecule has 0 bridgehead atoms. The van der Waals surface area contributed by atoms with Crippen molar-refractivity contribution in [2.24, 2.45) is 0 Å². The molecule has 0 fully saturated rings. The second-order valence-electron chi connectivity index (χ2n) is 5.63. The Morgan fingerprint density at radius 3 is 2.61 bits per heavy atom. The van der Waals surface area contributed by atoms with Gasteiger partial charge in [-0.25, -0.2) is 13.1 Å². The van der Waals surface area contributed by atoms with E-state index in [0.717, 1.165) is 23.1 Å². The molecule has 0 saturated carbocycles. The summed E-state index contributed by atoms with van der Waals surface area (Å²) in [6.07, 6.45) is 1.40. The van der Waals surface area contributed by atoms with Crippen molar-refractivity contribution in [1.29, 1.82) is 0 Å². The van der Waals surface area contributed by atoms with E-state index in [-0.39, 0.29) is 17.4 Å². The Hall–Kier alpha value is -2.18. The summed E-state index contributed by atoms with van der Waals surface area (Å²) < 4.78 is 27.6. The summed E-state index contributed by atoms with van der Waals surface area (Å²) in [5.41, 5.74) is 2.69. The third kappa shape index (κ3) is 3.43. The number of rotatable bonds is 5. The monoisotopic (exact) mass is 331 g/mol. The van der Waals surface area contributed by atoms with Gasteiger partial charge in [-0.2, -0.15) is 0 Å². The Morgan fingerprint density at radius 2 is 1.91 bits per heavy atom. The maximum atomic E-state index is 12.4. The summed E-state index contributed by atoms with van der Waals surface area (Å²) in [5, 5.41) is 8.85. The van der Waals surface area contributed by atoms with Crippen LogP contribution in [0.5, 0.6) is 0 Å². The molecule has 1 unspecified atom stereocenters. The van der Waals surface area contributed by atoms with Crippen molar-refractivity contribution in [3.63, 3.8) is 0 Å². The molecule has 0 saturated heterocycles. The lowest BCUT2D eigenvalue weighted by molar-refractivity contribution is -0.136. The Labute approximate surface area is 135 Å². The molecule has 3 rings (SSSR count). The molecule has 1 atom stereocenters. The summed E-state index contributed by atoms with van der Waals surface area (Å²) in [7, 11) is -3.56. The van der Waals surface area contributed by atoms with Crippen LogP contribution >= 0.6 is 0 Å². The van der Waals surface area contributed by atoms with Gasteiger partial charge >= 0.3 is 5.97 Å². The number of fused-ring (bicyclic) bond motifs is 1. The summed E-state index contributed by atoms with van der Waals surface area (Å²) in [6.45, 7) is 0. The minimum Gasteiger partial charge on any atom is -0.481 e. The fourth-order valence-electron chi connectivity index (χ4n) is 2.93. The molecule has 0 aromatic heterocycles. The molecule has 1 aliphatic rings. The number of aryl methyl sites for hydroxylation is 1. The van der Waals surface area contributed by atoms with Crippen molar-refractivity contribution in [2.75, 3.05) is 0 Å². The normalized spacial score (nSPS) is 17.0. The molecule has 1 aliphatic carbocycles. The number of benzene rings is 2. The molecule has 0 heterocycles. The maximum absolute atomic E-state index is 12.4. The maximum Gasteiger partial charge on any atom is 0.307 e. The van der Waals surface area contributed by atoms with Gasteiger partial charge in [-0.1, -0.05) is 36.4 Å². The molecule has 120 valence electrons. The van der Waals surface area contributed by atoms with Crippen molar-refractivity contribution >= 4 is 16.0 Å². The first-order valence-electron chi connectivity index (χ1n) is 7.36. The Morgan fingerprint density at radius 1 is 1.17 bits per heavy atom. The molecule has 5 nitrogen and oxygen atoms in total. The van der Waals surface area contributed by atoms with Crippen LogP contribution in [-0.4, -0.2) is 19.5 Å². The number of carboxylic acid groups (broad SMARTS) is 1. The number of sulfonamides is 1. The standard InChI is InChI=1S/C17H17NO4S/c19-17(20)11-12-6-8-15-13(10-12)7-9-16(15)18-23(21,22)14-4-2-1-3-5-14/h1-6,8,10,16,18H,7,9,11H2,(H,19,20). The topological polar surface area (TPSA) is 83.5 Å². The smallest absolute Gasteiger partial charge is 0.307 e. The van der Waals surface area contributed by atoms with Gasteiger partial charge in [0.2, 0.25) is 10.0 Å². The van der Waals surface area contributed by atoms with Crippen LogP contribution in [0.4, 0.5) is 0 Å². The highest BCUT2D eigenvalue weighted by Gasteiger charge is 2.27. The Kier molecular flexibility index (Phi) is 4.19. The lowest BCUT2D eigenvalue weighted by Crippen LogP contribution is -2.27. The van der Waals surface area contributed by atoms with Gasteiger partial charge in [0.1, 0.15) is 0 Å². The van der Waals surface area contributed by atoms with Gasteiger partial charge in [-0.3, -0.25) is 4.79 Å². The molecule has 0 spiro atoms. The van der Waals surface area contributed by atoms with E-state index in [1.54, 1.807) is 36.4 Å². The van der Waals surface area contributed by atoms with E-state index in [0.29, 0.717) is 6.42 Å². The average molecular weight is 331 g/mol. The van der Waals surface area contributed by atoms with Crippen LogP contribution in [0.15, 0.2) is 53.4 Å². The minimum absolute atomic E-state index is 0.0201. The van der Waals surface area contributed by atoms with Crippen LogP contribution in [-0.2, 0) is 27.7 Å². The number of carbonyl (C=O) groups is 1. The fourth-order valence-corrected chi connectivity index (χ4v) is 4.20. The molecule has 0 radical (unpaired) electrons. The van der Waals surface area contributed by atoms with E-state index in [1.165, 1.54) is 0 Å². The molecule has 2 aromatic rings. The fraction of sp³-hybridized carbons (Fsp3) is 0.235. The third-order valence-corrected chi connectivity index (χ3v) is 5.48. The molecule has 23 heavy (non-hydrogen) atoms. The Bertz CT molecular complexity index is 831. The summed E-state index contributed by atoms with van der Waals surface area (Å²) >= 11 is 0. The van der Waals surface area contributed by atoms with E-state index in [1.807, 2.05) is 12.1 Å². The number of aliphatic carboxylic acids is 1. The van der Waals surface area contributed by atoms with Gasteiger partial charge in [0, 0.05) is 6.04 Å². The van der Waals surface area contributed by atoms with Crippen LogP contribution in [0, 0.1) is 0 Å². The number of hydrogen-bond donors (Lipinski definition) is 2. The van der Waals surface area contributed by atoms with E-state index in [9.17, 15) is 13.2 Å². The SMILES string of the molecule is O=C(O)Cc1ccc2c(c1)CCC2NS(=O)(=O)c1ccccc1. The second kappa shape index (κ2) is 6.14. The highest BCUT2D eigenvalue weighted by atomic mass is 32.2. The summed E-state index contributed by atoms with van der Waals surface area (Å²) in [4.78, 5) is 11.0. The van der Waals surface area contributed by atoms with Crippen LogP contribution in [0.25, 0.3) is 0 Å². The van der Waals surface area contributed by atoms with E-state index in [2.05, 4.69) is 4.72 Å². The molecule has 2 aromatic carbocycles. The number of hydrogen-bond acceptors (Lipinski definition) is 3. The van der Waals surface area contributed by atoms with Gasteiger partial charge in [0.05, 0.1) is 11.3 Å². The van der Waals surface area contributed by atoms with Crippen molar-refractivity contribution < 1.29 is 18.3 Å². The van der Waals surface area contributed by atoms with E-state index >= 15 is 0 Å². The lowest BCUT2D eigenvalue weighted by atomic mass is 10.0. The molecule has 0 amide bonds. The van der Waals surface area contributed by atoms with E-state index in [4.69, 9.17) is 5.11 Å². The number of carboxylic acids is 1. The highest BCUT2D eigenvalue weighted by molar-refractivity contribution is 7.89. The molecule has 2 N–H and O–H groups in total. The van der Waals surface area contributed by atoms with Crippen molar-refractivity contribution in [3.05, 3.63) is 65.2 Å². The first-order chi connectivity index (χ1) is 11.0. The van der Waals surface area contributed by atoms with Crippen LogP contribution in [0.1, 0.15) is 29.2 Å². The molecule has 6 heteroatoms. The van der Waals surface area contributed by atoms with Gasteiger partial charge in [0.25, 0.3) is 0 Å². The van der Waals surface area contributed by atoms with Crippen molar-refractivity contribution in [3.8, 4) is 0 Å². The van der Waals surface area contributed by atoms with Gasteiger partial charge in [-0.05, 0) is 41.7 Å². The van der Waals surface area contributed by atoms with Gasteiger partial charge in [-0.15, -0.1) is 0 Å². The van der Waals surface area contributed by atoms with E-state index < -0.39 is 16.0 Å². The molecular weight excluding hydrogens is 314 g/mol. The zero-order valence-corrected chi connectivity index (χ0v) is 13.2.